The van der Waals surface area contributed by atoms with Gasteiger partial charge in [0, 0.05) is 6.07 Å². The van der Waals surface area contributed by atoms with E-state index in [-0.39, 0.29) is 41.9 Å². The molecule has 7 heteroatoms. The van der Waals surface area contributed by atoms with E-state index in [0.717, 1.165) is 0 Å². The Morgan fingerprint density at radius 3 is 2.40 bits per heavy atom. The highest BCUT2D eigenvalue weighted by Gasteiger charge is 2.16. The van der Waals surface area contributed by atoms with Gasteiger partial charge in [-0.3, -0.25) is 4.79 Å². The zero-order valence-corrected chi connectivity index (χ0v) is 13.4. The number of rotatable bonds is 6. The maximum Gasteiger partial charge on any atom is 0.258 e. The number of hydrogen-bond acceptors (Lipinski definition) is 3. The average molecular weight is 341 g/mol. The van der Waals surface area contributed by atoms with Crippen LogP contribution < -0.4 is 10.1 Å². The molecule has 0 saturated carbocycles. The molecule has 0 aliphatic heterocycles. The van der Waals surface area contributed by atoms with Crippen LogP contribution in [0.2, 0.25) is 15.1 Å². The minimum Gasteiger partial charge on any atom is -0.482 e. The molecule has 0 aliphatic rings. The molecule has 0 bridgehead atoms. The molecular formula is C13H16Cl3NO3. The van der Waals surface area contributed by atoms with Gasteiger partial charge in [-0.05, 0) is 12.0 Å². The Morgan fingerprint density at radius 2 is 1.85 bits per heavy atom. The van der Waals surface area contributed by atoms with Crippen molar-refractivity contribution in [3.05, 3.63) is 27.2 Å². The molecule has 0 fully saturated rings. The van der Waals surface area contributed by atoms with Crippen LogP contribution in [0.25, 0.3) is 0 Å². The quantitative estimate of drug-likeness (QED) is 0.782. The number of halogens is 3. The predicted molar refractivity (Wildman–Crippen MR) is 80.8 cm³/mol. The van der Waals surface area contributed by atoms with Crippen LogP contribution in [0.1, 0.15) is 13.8 Å². The number of ether oxygens (including phenoxy) is 1. The zero-order chi connectivity index (χ0) is 15.3. The molecule has 4 nitrogen and oxygen atoms in total. The third-order valence-corrected chi connectivity index (χ3v) is 3.70. The zero-order valence-electron chi connectivity index (χ0n) is 11.1. The average Bonchev–Trinajstić information content (AvgIpc) is 2.38. The number of carbonyl (C=O) groups excluding carboxylic acids is 1. The van der Waals surface area contributed by atoms with Crippen molar-refractivity contribution in [2.45, 2.75) is 19.9 Å². The van der Waals surface area contributed by atoms with E-state index in [0.29, 0.717) is 10.0 Å². The molecule has 0 heterocycles. The number of aliphatic hydroxyl groups is 1. The van der Waals surface area contributed by atoms with Crippen LogP contribution in [0.3, 0.4) is 0 Å². The lowest BCUT2D eigenvalue weighted by molar-refractivity contribution is -0.124. The van der Waals surface area contributed by atoms with E-state index in [1.54, 1.807) is 0 Å². The van der Waals surface area contributed by atoms with Crippen LogP contribution in [0.15, 0.2) is 12.1 Å². The number of hydrogen-bond donors (Lipinski definition) is 2. The second-order valence-corrected chi connectivity index (χ2v) is 5.81. The molecule has 1 atom stereocenters. The van der Waals surface area contributed by atoms with Crippen LogP contribution in [0.5, 0.6) is 5.75 Å². The highest BCUT2D eigenvalue weighted by atomic mass is 35.5. The molecule has 0 aromatic heterocycles. The van der Waals surface area contributed by atoms with E-state index in [4.69, 9.17) is 44.6 Å². The first-order chi connectivity index (χ1) is 9.35. The Balaban J connectivity index is 2.59. The van der Waals surface area contributed by atoms with E-state index in [1.807, 2.05) is 13.8 Å². The molecular weight excluding hydrogens is 325 g/mol. The fourth-order valence-corrected chi connectivity index (χ4v) is 2.02. The Kier molecular flexibility index (Phi) is 6.89. The van der Waals surface area contributed by atoms with Crippen molar-refractivity contribution in [1.82, 2.24) is 5.32 Å². The van der Waals surface area contributed by atoms with Crippen molar-refractivity contribution < 1.29 is 14.6 Å². The second kappa shape index (κ2) is 7.93. The van der Waals surface area contributed by atoms with Crippen molar-refractivity contribution in [1.29, 1.82) is 0 Å². The van der Waals surface area contributed by atoms with E-state index in [2.05, 4.69) is 5.32 Å². The fourth-order valence-electron chi connectivity index (χ4n) is 1.43. The summed E-state index contributed by atoms with van der Waals surface area (Å²) in [4.78, 5) is 11.7. The van der Waals surface area contributed by atoms with Gasteiger partial charge in [0.05, 0.1) is 27.7 Å². The van der Waals surface area contributed by atoms with Crippen molar-refractivity contribution in [3.8, 4) is 5.75 Å². The van der Waals surface area contributed by atoms with E-state index >= 15 is 0 Å². The summed E-state index contributed by atoms with van der Waals surface area (Å²) in [7, 11) is 0. The van der Waals surface area contributed by atoms with E-state index < -0.39 is 0 Å². The van der Waals surface area contributed by atoms with Crippen LogP contribution in [0, 0.1) is 5.92 Å². The molecule has 112 valence electrons. The lowest BCUT2D eigenvalue weighted by Gasteiger charge is -2.20. The van der Waals surface area contributed by atoms with Gasteiger partial charge in [-0.2, -0.15) is 0 Å². The SMILES string of the molecule is CC(C)C(CO)NC(=O)COc1cc(Cl)c(Cl)cc1Cl. The number of amides is 1. The predicted octanol–water partition coefficient (Wildman–Crippen LogP) is 3.16. The molecule has 0 spiro atoms. The van der Waals surface area contributed by atoms with Crippen LogP contribution in [0.4, 0.5) is 0 Å². The Hall–Kier alpha value is -0.680. The first kappa shape index (κ1) is 17.4. The monoisotopic (exact) mass is 339 g/mol. The van der Waals surface area contributed by atoms with Crippen molar-refractivity contribution in [2.24, 2.45) is 5.92 Å². The topological polar surface area (TPSA) is 58.6 Å². The molecule has 2 N–H and O–H groups in total. The highest BCUT2D eigenvalue weighted by molar-refractivity contribution is 6.43. The minimum atomic E-state index is -0.347. The molecule has 0 saturated heterocycles. The number of aliphatic hydroxyl groups excluding tert-OH is 1. The lowest BCUT2D eigenvalue weighted by atomic mass is 10.1. The van der Waals surface area contributed by atoms with Gasteiger partial charge in [0.2, 0.25) is 0 Å². The summed E-state index contributed by atoms with van der Waals surface area (Å²) in [5.41, 5.74) is 0. The first-order valence-corrected chi connectivity index (χ1v) is 7.16. The van der Waals surface area contributed by atoms with Gasteiger partial charge in [0.1, 0.15) is 5.75 Å². The summed E-state index contributed by atoms with van der Waals surface area (Å²) in [6.07, 6.45) is 0. The smallest absolute Gasteiger partial charge is 0.258 e. The van der Waals surface area contributed by atoms with Gasteiger partial charge in [-0.15, -0.1) is 0 Å². The summed E-state index contributed by atoms with van der Waals surface area (Å²) < 4.78 is 5.29. The molecule has 0 radical (unpaired) electrons. The molecule has 1 rings (SSSR count). The largest absolute Gasteiger partial charge is 0.482 e. The van der Waals surface area contributed by atoms with E-state index in [1.165, 1.54) is 12.1 Å². The molecule has 1 unspecified atom stereocenters. The summed E-state index contributed by atoms with van der Waals surface area (Å²) in [5, 5.41) is 12.7. The van der Waals surface area contributed by atoms with Crippen molar-refractivity contribution >= 4 is 40.7 Å². The molecule has 1 aromatic rings. The Labute approximate surface area is 133 Å². The first-order valence-electron chi connectivity index (χ1n) is 6.02. The van der Waals surface area contributed by atoms with E-state index in [9.17, 15) is 4.79 Å². The standard InChI is InChI=1S/C13H16Cl3NO3/c1-7(2)11(5-18)17-13(19)6-20-12-4-9(15)8(14)3-10(12)16/h3-4,7,11,18H,5-6H2,1-2H3,(H,17,19). The Bertz CT molecular complexity index is 480. The molecule has 0 aliphatic carbocycles. The molecule has 1 aromatic carbocycles. The van der Waals surface area contributed by atoms with Crippen molar-refractivity contribution in [3.63, 3.8) is 0 Å². The third kappa shape index (κ3) is 5.02. The van der Waals surface area contributed by atoms with Crippen LogP contribution in [-0.2, 0) is 4.79 Å². The van der Waals surface area contributed by atoms with Crippen molar-refractivity contribution in [2.75, 3.05) is 13.2 Å². The van der Waals surface area contributed by atoms with Gasteiger partial charge in [0.15, 0.2) is 6.61 Å². The van der Waals surface area contributed by atoms with Gasteiger partial charge in [-0.1, -0.05) is 48.7 Å². The fraction of sp³-hybridized carbons (Fsp3) is 0.462. The maximum absolute atomic E-state index is 11.7. The van der Waals surface area contributed by atoms with Crippen LogP contribution >= 0.6 is 34.8 Å². The van der Waals surface area contributed by atoms with Gasteiger partial charge < -0.3 is 15.2 Å². The molecule has 20 heavy (non-hydrogen) atoms. The van der Waals surface area contributed by atoms with Gasteiger partial charge in [-0.25, -0.2) is 0 Å². The maximum atomic E-state index is 11.7. The summed E-state index contributed by atoms with van der Waals surface area (Å²) in [6, 6.07) is 2.59. The van der Waals surface area contributed by atoms with Gasteiger partial charge in [0.25, 0.3) is 5.91 Å². The Morgan fingerprint density at radius 1 is 1.25 bits per heavy atom. The normalized spacial score (nSPS) is 12.3. The minimum absolute atomic E-state index is 0.123. The number of carbonyl (C=O) groups is 1. The summed E-state index contributed by atoms with van der Waals surface area (Å²) in [5.74, 6) is 0.0544. The van der Waals surface area contributed by atoms with Gasteiger partial charge >= 0.3 is 0 Å². The second-order valence-electron chi connectivity index (χ2n) is 4.59. The number of nitrogens with one attached hydrogen (secondary N) is 1. The summed E-state index contributed by atoms with van der Waals surface area (Å²) in [6.45, 7) is 3.45. The highest BCUT2D eigenvalue weighted by Crippen LogP contribution is 2.33. The van der Waals surface area contributed by atoms with Crippen LogP contribution in [-0.4, -0.2) is 30.3 Å². The lowest BCUT2D eigenvalue weighted by Crippen LogP contribution is -2.43. The third-order valence-electron chi connectivity index (χ3n) is 2.68. The summed E-state index contributed by atoms with van der Waals surface area (Å²) >= 11 is 17.6. The number of benzene rings is 1. The molecule has 1 amide bonds.